The molecule has 0 radical (unpaired) electrons. The van der Waals surface area contributed by atoms with Crippen molar-refractivity contribution in [3.8, 4) is 0 Å². The van der Waals surface area contributed by atoms with Gasteiger partial charge >= 0.3 is 0 Å². The molecule has 0 spiro atoms. The Balaban J connectivity index is 3.00. The zero-order chi connectivity index (χ0) is 14.4. The van der Waals surface area contributed by atoms with Crippen molar-refractivity contribution in [1.82, 2.24) is 9.88 Å². The molecule has 1 aromatic heterocycles. The van der Waals surface area contributed by atoms with Gasteiger partial charge in [-0.15, -0.1) is 0 Å². The maximum Gasteiger partial charge on any atom is 0.257 e. The smallest absolute Gasteiger partial charge is 0.257 e. The van der Waals surface area contributed by atoms with Crippen molar-refractivity contribution in [2.24, 2.45) is 0 Å². The predicted molar refractivity (Wildman–Crippen MR) is 71.9 cm³/mol. The van der Waals surface area contributed by atoms with Crippen LogP contribution < -0.4 is 0 Å². The van der Waals surface area contributed by atoms with Gasteiger partial charge in [0.25, 0.3) is 5.91 Å². The molecular formula is C13H18ClFN2O2. The number of carbonyl (C=O) groups is 1. The second-order valence-corrected chi connectivity index (χ2v) is 4.60. The van der Waals surface area contributed by atoms with Crippen LogP contribution >= 0.6 is 11.6 Å². The first-order valence-electron chi connectivity index (χ1n) is 6.12. The van der Waals surface area contributed by atoms with E-state index in [9.17, 15) is 9.18 Å². The zero-order valence-electron chi connectivity index (χ0n) is 11.3. The summed E-state index contributed by atoms with van der Waals surface area (Å²) in [7, 11) is 1.57. The van der Waals surface area contributed by atoms with Gasteiger partial charge in [0.15, 0.2) is 0 Å². The molecule has 0 bridgehead atoms. The van der Waals surface area contributed by atoms with Gasteiger partial charge in [0, 0.05) is 19.7 Å². The largest absolute Gasteiger partial charge is 0.383 e. The van der Waals surface area contributed by atoms with Crippen molar-refractivity contribution in [2.75, 3.05) is 20.3 Å². The molecule has 0 aliphatic heterocycles. The summed E-state index contributed by atoms with van der Waals surface area (Å²) in [5.74, 6) is -0.910. The molecule has 1 atom stereocenters. The van der Waals surface area contributed by atoms with Gasteiger partial charge < -0.3 is 9.64 Å². The van der Waals surface area contributed by atoms with Crippen LogP contribution in [0.5, 0.6) is 0 Å². The van der Waals surface area contributed by atoms with Gasteiger partial charge in [-0.25, -0.2) is 9.37 Å². The highest BCUT2D eigenvalue weighted by molar-refractivity contribution is 6.32. The van der Waals surface area contributed by atoms with Crippen LogP contribution in [-0.2, 0) is 4.74 Å². The molecule has 106 valence electrons. The minimum atomic E-state index is -0.580. The fourth-order valence-electron chi connectivity index (χ4n) is 1.66. The van der Waals surface area contributed by atoms with E-state index < -0.39 is 5.82 Å². The van der Waals surface area contributed by atoms with E-state index in [0.29, 0.717) is 13.2 Å². The lowest BCUT2D eigenvalue weighted by atomic mass is 10.1. The second kappa shape index (κ2) is 7.40. The number of ether oxygens (including phenoxy) is 1. The Labute approximate surface area is 117 Å². The molecule has 0 saturated heterocycles. The average molecular weight is 289 g/mol. The molecule has 0 aromatic carbocycles. The third-order valence-electron chi connectivity index (χ3n) is 2.96. The highest BCUT2D eigenvalue weighted by atomic mass is 35.5. The third-order valence-corrected chi connectivity index (χ3v) is 3.26. The normalized spacial score (nSPS) is 12.3. The van der Waals surface area contributed by atoms with Crippen molar-refractivity contribution < 1.29 is 13.9 Å². The highest BCUT2D eigenvalue weighted by Crippen LogP contribution is 2.18. The molecule has 1 rings (SSSR count). The first-order chi connectivity index (χ1) is 9.01. The number of hydrogen-bond acceptors (Lipinski definition) is 3. The Morgan fingerprint density at radius 1 is 1.63 bits per heavy atom. The van der Waals surface area contributed by atoms with E-state index in [1.54, 1.807) is 12.0 Å². The van der Waals surface area contributed by atoms with E-state index in [4.69, 9.17) is 16.3 Å². The van der Waals surface area contributed by atoms with E-state index in [-0.39, 0.29) is 22.7 Å². The Bertz CT molecular complexity index is 443. The van der Waals surface area contributed by atoms with E-state index >= 15 is 0 Å². The molecule has 0 aliphatic carbocycles. The monoisotopic (exact) mass is 288 g/mol. The molecule has 1 unspecified atom stereocenters. The van der Waals surface area contributed by atoms with Crippen molar-refractivity contribution in [3.05, 3.63) is 28.8 Å². The number of halogens is 2. The molecule has 19 heavy (non-hydrogen) atoms. The van der Waals surface area contributed by atoms with Crippen LogP contribution in [0.25, 0.3) is 0 Å². The predicted octanol–water partition coefficient (Wildman–Crippen LogP) is 2.76. The Morgan fingerprint density at radius 3 is 2.89 bits per heavy atom. The zero-order valence-corrected chi connectivity index (χ0v) is 12.1. The van der Waals surface area contributed by atoms with Crippen LogP contribution in [0.15, 0.2) is 12.3 Å². The maximum atomic E-state index is 13.2. The van der Waals surface area contributed by atoms with E-state index in [0.717, 1.165) is 18.7 Å². The third kappa shape index (κ3) is 4.14. The van der Waals surface area contributed by atoms with Crippen LogP contribution in [0, 0.1) is 5.82 Å². The van der Waals surface area contributed by atoms with Crippen LogP contribution in [0.3, 0.4) is 0 Å². The van der Waals surface area contributed by atoms with Crippen LogP contribution in [-0.4, -0.2) is 42.1 Å². The van der Waals surface area contributed by atoms with Crippen molar-refractivity contribution in [2.45, 2.75) is 26.3 Å². The van der Waals surface area contributed by atoms with Gasteiger partial charge in [-0.3, -0.25) is 4.79 Å². The molecule has 1 heterocycles. The summed E-state index contributed by atoms with van der Waals surface area (Å²) in [6, 6.07) is 1.13. The average Bonchev–Trinajstić information content (AvgIpc) is 2.41. The summed E-state index contributed by atoms with van der Waals surface area (Å²) in [6.07, 6.45) is 1.78. The number of amides is 1. The number of hydrogen-bond donors (Lipinski definition) is 0. The SMILES string of the molecule is CCC(C)N(CCOC)C(=O)c1cc(F)cnc1Cl. The summed E-state index contributed by atoms with van der Waals surface area (Å²) in [5.41, 5.74) is 0.0815. The maximum absolute atomic E-state index is 13.2. The summed E-state index contributed by atoms with van der Waals surface area (Å²) in [6.45, 7) is 4.74. The molecule has 6 heteroatoms. The van der Waals surface area contributed by atoms with Crippen molar-refractivity contribution in [3.63, 3.8) is 0 Å². The fraction of sp³-hybridized carbons (Fsp3) is 0.538. The second-order valence-electron chi connectivity index (χ2n) is 4.24. The van der Waals surface area contributed by atoms with Gasteiger partial charge in [-0.05, 0) is 19.4 Å². The van der Waals surface area contributed by atoms with Crippen LogP contribution in [0.1, 0.15) is 30.6 Å². The number of nitrogens with zero attached hydrogens (tertiary/aromatic N) is 2. The summed E-state index contributed by atoms with van der Waals surface area (Å²) in [4.78, 5) is 17.7. The summed E-state index contributed by atoms with van der Waals surface area (Å²) < 4.78 is 18.2. The van der Waals surface area contributed by atoms with Crippen LogP contribution in [0.4, 0.5) is 4.39 Å². The highest BCUT2D eigenvalue weighted by Gasteiger charge is 2.23. The lowest BCUT2D eigenvalue weighted by molar-refractivity contribution is 0.0613. The molecule has 4 nitrogen and oxygen atoms in total. The van der Waals surface area contributed by atoms with Gasteiger partial charge in [-0.1, -0.05) is 18.5 Å². The van der Waals surface area contributed by atoms with E-state index in [1.807, 2.05) is 13.8 Å². The Hall–Kier alpha value is -1.20. The topological polar surface area (TPSA) is 42.4 Å². The molecule has 0 saturated carbocycles. The van der Waals surface area contributed by atoms with Gasteiger partial charge in [0.05, 0.1) is 18.4 Å². The summed E-state index contributed by atoms with van der Waals surface area (Å²) >= 11 is 5.86. The van der Waals surface area contributed by atoms with Gasteiger partial charge in [0.1, 0.15) is 11.0 Å². The lowest BCUT2D eigenvalue weighted by Crippen LogP contribution is -2.40. The number of methoxy groups -OCH3 is 1. The fourth-order valence-corrected chi connectivity index (χ4v) is 1.84. The molecule has 1 aromatic rings. The number of pyridine rings is 1. The molecule has 0 aliphatic rings. The first kappa shape index (κ1) is 15.9. The number of carbonyl (C=O) groups excluding carboxylic acids is 1. The quantitative estimate of drug-likeness (QED) is 0.756. The standard InChI is InChI=1S/C13H18ClFN2O2/c1-4-9(2)17(5-6-19-3)13(18)11-7-10(15)8-16-12(11)14/h7-9H,4-6H2,1-3H3. The van der Waals surface area contributed by atoms with Crippen LogP contribution in [0.2, 0.25) is 5.15 Å². The van der Waals surface area contributed by atoms with E-state index in [2.05, 4.69) is 4.98 Å². The lowest BCUT2D eigenvalue weighted by Gasteiger charge is -2.28. The van der Waals surface area contributed by atoms with Gasteiger partial charge in [-0.2, -0.15) is 0 Å². The van der Waals surface area contributed by atoms with E-state index in [1.165, 1.54) is 0 Å². The minimum Gasteiger partial charge on any atom is -0.383 e. The summed E-state index contributed by atoms with van der Waals surface area (Å²) in [5, 5.41) is 0.0112. The number of aromatic nitrogens is 1. The Morgan fingerprint density at radius 2 is 2.32 bits per heavy atom. The van der Waals surface area contributed by atoms with Crippen molar-refractivity contribution in [1.29, 1.82) is 0 Å². The van der Waals surface area contributed by atoms with Gasteiger partial charge in [0.2, 0.25) is 0 Å². The Kier molecular flexibility index (Phi) is 6.18. The number of rotatable bonds is 6. The molecular weight excluding hydrogens is 271 g/mol. The minimum absolute atomic E-state index is 0.0112. The molecule has 0 N–H and O–H groups in total. The molecule has 1 amide bonds. The molecule has 0 fully saturated rings. The first-order valence-corrected chi connectivity index (χ1v) is 6.50. The van der Waals surface area contributed by atoms with Crippen molar-refractivity contribution >= 4 is 17.5 Å².